The molecule has 18 heavy (non-hydrogen) atoms. The number of aryl methyl sites for hydroxylation is 2. The van der Waals surface area contributed by atoms with Crippen LogP contribution >= 0.6 is 0 Å². The van der Waals surface area contributed by atoms with Crippen molar-refractivity contribution in [3.05, 3.63) is 34.9 Å². The highest BCUT2D eigenvalue weighted by Gasteiger charge is 2.20. The minimum atomic E-state index is 0.883. The smallest absolute Gasteiger partial charge is 0.0494 e. The maximum atomic E-state index is 5.61. The van der Waals surface area contributed by atoms with Gasteiger partial charge in [0.25, 0.3) is 0 Å². The van der Waals surface area contributed by atoms with Crippen molar-refractivity contribution in [1.82, 2.24) is 5.32 Å². The SMILES string of the molecule is Cc1ccc(CNCCCOCC2CC2)c(C)c1. The first-order valence-corrected chi connectivity index (χ1v) is 7.10. The fourth-order valence-corrected chi connectivity index (χ4v) is 2.10. The van der Waals surface area contributed by atoms with E-state index >= 15 is 0 Å². The summed E-state index contributed by atoms with van der Waals surface area (Å²) < 4.78 is 5.61. The van der Waals surface area contributed by atoms with Crippen LogP contribution in [0.4, 0.5) is 0 Å². The van der Waals surface area contributed by atoms with Crippen molar-refractivity contribution < 1.29 is 4.74 Å². The minimum Gasteiger partial charge on any atom is -0.381 e. The highest BCUT2D eigenvalue weighted by Crippen LogP contribution is 2.28. The molecular weight excluding hydrogens is 222 g/mol. The second-order valence-electron chi connectivity index (χ2n) is 5.48. The van der Waals surface area contributed by atoms with E-state index in [0.717, 1.165) is 38.6 Å². The summed E-state index contributed by atoms with van der Waals surface area (Å²) in [6.07, 6.45) is 3.87. The Labute approximate surface area is 111 Å². The third-order valence-corrected chi connectivity index (χ3v) is 3.51. The van der Waals surface area contributed by atoms with Gasteiger partial charge in [-0.25, -0.2) is 0 Å². The van der Waals surface area contributed by atoms with Crippen LogP contribution in [-0.4, -0.2) is 19.8 Å². The summed E-state index contributed by atoms with van der Waals surface area (Å²) in [6, 6.07) is 6.65. The number of nitrogens with one attached hydrogen (secondary N) is 1. The molecular formula is C16H25NO. The predicted molar refractivity (Wildman–Crippen MR) is 75.8 cm³/mol. The van der Waals surface area contributed by atoms with Crippen LogP contribution in [0.25, 0.3) is 0 Å². The van der Waals surface area contributed by atoms with E-state index in [1.54, 1.807) is 0 Å². The molecule has 0 atom stereocenters. The van der Waals surface area contributed by atoms with Crippen molar-refractivity contribution in [2.75, 3.05) is 19.8 Å². The summed E-state index contributed by atoms with van der Waals surface area (Å²) in [5.74, 6) is 0.883. The Bertz CT molecular complexity index is 371. The molecule has 1 aromatic rings. The van der Waals surface area contributed by atoms with Gasteiger partial charge in [-0.3, -0.25) is 0 Å². The van der Waals surface area contributed by atoms with Crippen molar-refractivity contribution in [2.24, 2.45) is 5.92 Å². The lowest BCUT2D eigenvalue weighted by atomic mass is 10.1. The number of hydrogen-bond acceptors (Lipinski definition) is 2. The molecule has 1 aromatic carbocycles. The predicted octanol–water partition coefficient (Wildman–Crippen LogP) is 3.21. The lowest BCUT2D eigenvalue weighted by Crippen LogP contribution is -2.17. The maximum Gasteiger partial charge on any atom is 0.0494 e. The van der Waals surface area contributed by atoms with Crippen LogP contribution in [0.5, 0.6) is 0 Å². The third kappa shape index (κ3) is 4.79. The van der Waals surface area contributed by atoms with Gasteiger partial charge in [0.15, 0.2) is 0 Å². The largest absolute Gasteiger partial charge is 0.381 e. The Balaban J connectivity index is 1.53. The molecule has 2 nitrogen and oxygen atoms in total. The Hall–Kier alpha value is -0.860. The fourth-order valence-electron chi connectivity index (χ4n) is 2.10. The van der Waals surface area contributed by atoms with E-state index in [0.29, 0.717) is 0 Å². The molecule has 0 unspecified atom stereocenters. The Morgan fingerprint density at radius 1 is 1.28 bits per heavy atom. The van der Waals surface area contributed by atoms with Crippen molar-refractivity contribution in [2.45, 2.75) is 39.7 Å². The van der Waals surface area contributed by atoms with Crippen LogP contribution in [0.1, 0.15) is 36.0 Å². The highest BCUT2D eigenvalue weighted by atomic mass is 16.5. The zero-order valence-corrected chi connectivity index (χ0v) is 11.7. The van der Waals surface area contributed by atoms with Gasteiger partial charge in [0, 0.05) is 19.8 Å². The first-order chi connectivity index (χ1) is 8.75. The van der Waals surface area contributed by atoms with Gasteiger partial charge in [-0.1, -0.05) is 23.8 Å². The second-order valence-corrected chi connectivity index (χ2v) is 5.48. The lowest BCUT2D eigenvalue weighted by molar-refractivity contribution is 0.122. The van der Waals surface area contributed by atoms with Gasteiger partial charge in [-0.2, -0.15) is 0 Å². The minimum absolute atomic E-state index is 0.883. The standard InChI is InChI=1S/C16H25NO/c1-13-4-7-16(14(2)10-13)11-17-8-3-9-18-12-15-5-6-15/h4,7,10,15,17H,3,5-6,8-9,11-12H2,1-2H3. The zero-order valence-electron chi connectivity index (χ0n) is 11.7. The summed E-state index contributed by atoms with van der Waals surface area (Å²) in [5.41, 5.74) is 4.12. The monoisotopic (exact) mass is 247 g/mol. The van der Waals surface area contributed by atoms with Gasteiger partial charge in [0.05, 0.1) is 0 Å². The molecule has 2 heteroatoms. The number of rotatable bonds is 8. The molecule has 2 rings (SSSR count). The van der Waals surface area contributed by atoms with Gasteiger partial charge < -0.3 is 10.1 Å². The fraction of sp³-hybridized carbons (Fsp3) is 0.625. The summed E-state index contributed by atoms with van der Waals surface area (Å²) in [6.45, 7) is 8.21. The van der Waals surface area contributed by atoms with Crippen LogP contribution in [0, 0.1) is 19.8 Å². The van der Waals surface area contributed by atoms with E-state index in [4.69, 9.17) is 4.74 Å². The molecule has 0 saturated heterocycles. The maximum absolute atomic E-state index is 5.61. The molecule has 0 bridgehead atoms. The molecule has 0 heterocycles. The molecule has 0 aliphatic heterocycles. The van der Waals surface area contributed by atoms with E-state index < -0.39 is 0 Å². The summed E-state index contributed by atoms with van der Waals surface area (Å²) in [5, 5.41) is 3.49. The molecule has 1 fully saturated rings. The summed E-state index contributed by atoms with van der Waals surface area (Å²) >= 11 is 0. The van der Waals surface area contributed by atoms with Crippen molar-refractivity contribution in [3.63, 3.8) is 0 Å². The molecule has 0 amide bonds. The number of benzene rings is 1. The van der Waals surface area contributed by atoms with Crippen molar-refractivity contribution in [1.29, 1.82) is 0 Å². The second kappa shape index (κ2) is 6.91. The number of hydrogen-bond donors (Lipinski definition) is 1. The molecule has 1 aliphatic carbocycles. The normalized spacial score (nSPS) is 15.0. The van der Waals surface area contributed by atoms with Gasteiger partial charge in [-0.05, 0) is 56.7 Å². The summed E-state index contributed by atoms with van der Waals surface area (Å²) in [4.78, 5) is 0. The van der Waals surface area contributed by atoms with Gasteiger partial charge in [0.2, 0.25) is 0 Å². The average molecular weight is 247 g/mol. The van der Waals surface area contributed by atoms with Crippen LogP contribution in [-0.2, 0) is 11.3 Å². The van der Waals surface area contributed by atoms with Crippen molar-refractivity contribution >= 4 is 0 Å². The van der Waals surface area contributed by atoms with E-state index in [1.165, 1.54) is 29.5 Å². The Morgan fingerprint density at radius 2 is 2.11 bits per heavy atom. The molecule has 100 valence electrons. The molecule has 0 spiro atoms. The van der Waals surface area contributed by atoms with Gasteiger partial charge in [0.1, 0.15) is 0 Å². The van der Waals surface area contributed by atoms with E-state index in [-0.39, 0.29) is 0 Å². The van der Waals surface area contributed by atoms with Crippen LogP contribution in [0.2, 0.25) is 0 Å². The average Bonchev–Trinajstić information content (AvgIpc) is 3.14. The molecule has 1 aliphatic rings. The quantitative estimate of drug-likeness (QED) is 0.712. The molecule has 0 aromatic heterocycles. The van der Waals surface area contributed by atoms with E-state index in [1.807, 2.05) is 0 Å². The lowest BCUT2D eigenvalue weighted by Gasteiger charge is -2.09. The first kappa shape index (κ1) is 13.6. The third-order valence-electron chi connectivity index (χ3n) is 3.51. The van der Waals surface area contributed by atoms with E-state index in [2.05, 4.69) is 37.4 Å². The van der Waals surface area contributed by atoms with E-state index in [9.17, 15) is 0 Å². The number of ether oxygens (including phenoxy) is 1. The van der Waals surface area contributed by atoms with Gasteiger partial charge >= 0.3 is 0 Å². The highest BCUT2D eigenvalue weighted by molar-refractivity contribution is 5.30. The Morgan fingerprint density at radius 3 is 2.83 bits per heavy atom. The molecule has 1 saturated carbocycles. The molecule has 0 radical (unpaired) electrons. The first-order valence-electron chi connectivity index (χ1n) is 7.10. The van der Waals surface area contributed by atoms with Crippen LogP contribution < -0.4 is 5.32 Å². The molecule has 1 N–H and O–H groups in total. The zero-order chi connectivity index (χ0) is 12.8. The topological polar surface area (TPSA) is 21.3 Å². The summed E-state index contributed by atoms with van der Waals surface area (Å²) in [7, 11) is 0. The van der Waals surface area contributed by atoms with Crippen LogP contribution in [0.3, 0.4) is 0 Å². The Kier molecular flexibility index (Phi) is 5.21. The van der Waals surface area contributed by atoms with Gasteiger partial charge in [-0.15, -0.1) is 0 Å². The van der Waals surface area contributed by atoms with Crippen LogP contribution in [0.15, 0.2) is 18.2 Å². The van der Waals surface area contributed by atoms with Crippen molar-refractivity contribution in [3.8, 4) is 0 Å².